The number of benzene rings is 1. The molecule has 132 valence electrons. The van der Waals surface area contributed by atoms with Gasteiger partial charge in [0.05, 0.1) is 24.5 Å². The average molecular weight is 362 g/mol. The van der Waals surface area contributed by atoms with Crippen LogP contribution >= 0.6 is 12.4 Å². The minimum atomic E-state index is -0.489. The van der Waals surface area contributed by atoms with Crippen molar-refractivity contribution in [3.05, 3.63) is 42.4 Å². The summed E-state index contributed by atoms with van der Waals surface area (Å²) < 4.78 is 12.6. The first kappa shape index (κ1) is 17.4. The third kappa shape index (κ3) is 3.12. The normalized spacial score (nSPS) is 15.8. The van der Waals surface area contributed by atoms with Crippen molar-refractivity contribution in [3.8, 4) is 23.0 Å². The fourth-order valence-corrected chi connectivity index (χ4v) is 3.12. The molecule has 0 bridgehead atoms. The molecule has 1 aliphatic rings. The molecule has 7 nitrogen and oxygen atoms in total. The fourth-order valence-electron chi connectivity index (χ4n) is 3.12. The van der Waals surface area contributed by atoms with E-state index in [-0.39, 0.29) is 12.4 Å². The lowest BCUT2D eigenvalue weighted by Gasteiger charge is -2.17. The van der Waals surface area contributed by atoms with Crippen LogP contribution in [0.15, 0.2) is 41.1 Å². The molecule has 0 aliphatic heterocycles. The van der Waals surface area contributed by atoms with E-state index in [1.807, 2.05) is 30.3 Å². The van der Waals surface area contributed by atoms with Crippen LogP contribution in [0.3, 0.4) is 0 Å². The summed E-state index contributed by atoms with van der Waals surface area (Å²) in [4.78, 5) is 4.49. The van der Waals surface area contributed by atoms with Gasteiger partial charge in [-0.25, -0.2) is 4.68 Å². The molecule has 0 saturated heterocycles. The molecule has 1 aliphatic carbocycles. The second kappa shape index (κ2) is 6.85. The first-order valence-corrected chi connectivity index (χ1v) is 8.02. The lowest BCUT2D eigenvalue weighted by atomic mass is 9.99. The van der Waals surface area contributed by atoms with E-state index in [0.717, 1.165) is 31.4 Å². The number of halogens is 1. The molecule has 0 spiro atoms. The number of hydrogen-bond donors (Lipinski definition) is 1. The number of methoxy groups -OCH3 is 1. The van der Waals surface area contributed by atoms with E-state index < -0.39 is 5.54 Å². The lowest BCUT2D eigenvalue weighted by molar-refractivity contribution is 0.370. The van der Waals surface area contributed by atoms with E-state index in [1.54, 1.807) is 18.0 Å². The highest BCUT2D eigenvalue weighted by Gasteiger charge is 2.36. The van der Waals surface area contributed by atoms with E-state index >= 15 is 0 Å². The van der Waals surface area contributed by atoms with Crippen LogP contribution in [0, 0.1) is 0 Å². The Morgan fingerprint density at radius 2 is 1.92 bits per heavy atom. The van der Waals surface area contributed by atoms with Gasteiger partial charge in [-0.15, -0.1) is 12.4 Å². The standard InChI is InChI=1S/C17H19N5O2.ClH/c1-23-13-11-22(12-7-3-2-4-8-12)20-14(13)15-19-16(21-24-15)17(18)9-5-6-10-17;/h2-4,7-8,11H,5-6,9-10,18H2,1H3;1H. The summed E-state index contributed by atoms with van der Waals surface area (Å²) >= 11 is 0. The number of hydrogen-bond acceptors (Lipinski definition) is 6. The molecule has 1 aromatic carbocycles. The lowest BCUT2D eigenvalue weighted by Crippen LogP contribution is -2.34. The van der Waals surface area contributed by atoms with Crippen LogP contribution in [0.2, 0.25) is 0 Å². The van der Waals surface area contributed by atoms with Crippen molar-refractivity contribution < 1.29 is 9.26 Å². The van der Waals surface area contributed by atoms with Crippen LogP contribution in [-0.4, -0.2) is 27.0 Å². The van der Waals surface area contributed by atoms with Gasteiger partial charge in [-0.3, -0.25) is 0 Å². The zero-order valence-corrected chi connectivity index (χ0v) is 14.7. The number of ether oxygens (including phenoxy) is 1. The predicted octanol–water partition coefficient (Wildman–Crippen LogP) is 3.08. The molecular formula is C17H20ClN5O2. The Morgan fingerprint density at radius 3 is 2.60 bits per heavy atom. The number of para-hydroxylation sites is 1. The molecule has 8 heteroatoms. The summed E-state index contributed by atoms with van der Waals surface area (Å²) in [6.07, 6.45) is 5.73. The van der Waals surface area contributed by atoms with Crippen molar-refractivity contribution >= 4 is 12.4 Å². The SMILES string of the molecule is COc1cn(-c2ccccc2)nc1-c1nc(C2(N)CCCC2)no1.Cl. The summed E-state index contributed by atoms with van der Waals surface area (Å²) in [6, 6.07) is 9.78. The van der Waals surface area contributed by atoms with E-state index in [2.05, 4.69) is 15.2 Å². The molecule has 25 heavy (non-hydrogen) atoms. The Hall–Kier alpha value is -2.38. The molecule has 0 amide bonds. The summed E-state index contributed by atoms with van der Waals surface area (Å²) in [5.41, 5.74) is 7.35. The first-order chi connectivity index (χ1) is 11.7. The van der Waals surface area contributed by atoms with Gasteiger partial charge in [-0.05, 0) is 25.0 Å². The van der Waals surface area contributed by atoms with E-state index in [0.29, 0.717) is 23.2 Å². The summed E-state index contributed by atoms with van der Waals surface area (Å²) in [7, 11) is 1.59. The van der Waals surface area contributed by atoms with Crippen molar-refractivity contribution in [2.45, 2.75) is 31.2 Å². The second-order valence-corrected chi connectivity index (χ2v) is 6.11. The number of nitrogens with two attached hydrogens (primary N) is 1. The van der Waals surface area contributed by atoms with E-state index in [9.17, 15) is 0 Å². The maximum Gasteiger partial charge on any atom is 0.282 e. The molecule has 2 aromatic heterocycles. The predicted molar refractivity (Wildman–Crippen MR) is 95.0 cm³/mol. The summed E-state index contributed by atoms with van der Waals surface area (Å²) in [6.45, 7) is 0. The topological polar surface area (TPSA) is 92.0 Å². The van der Waals surface area contributed by atoms with Gasteiger partial charge in [-0.2, -0.15) is 10.1 Å². The van der Waals surface area contributed by atoms with Crippen molar-refractivity contribution in [3.63, 3.8) is 0 Å². The molecule has 0 atom stereocenters. The van der Waals surface area contributed by atoms with Crippen LogP contribution < -0.4 is 10.5 Å². The van der Waals surface area contributed by atoms with Crippen LogP contribution in [0.1, 0.15) is 31.5 Å². The minimum Gasteiger partial charge on any atom is -0.493 e. The van der Waals surface area contributed by atoms with Gasteiger partial charge in [0, 0.05) is 0 Å². The number of rotatable bonds is 4. The van der Waals surface area contributed by atoms with Crippen LogP contribution in [0.5, 0.6) is 5.75 Å². The van der Waals surface area contributed by atoms with Crippen LogP contribution in [-0.2, 0) is 5.54 Å². The van der Waals surface area contributed by atoms with Gasteiger partial charge in [0.2, 0.25) is 0 Å². The Kier molecular flexibility index (Phi) is 4.78. The van der Waals surface area contributed by atoms with E-state index in [1.165, 1.54) is 0 Å². The third-order valence-electron chi connectivity index (χ3n) is 4.49. The van der Waals surface area contributed by atoms with Crippen molar-refractivity contribution in [1.29, 1.82) is 0 Å². The molecule has 2 N–H and O–H groups in total. The van der Waals surface area contributed by atoms with Crippen LogP contribution in [0.4, 0.5) is 0 Å². The molecule has 0 unspecified atom stereocenters. The van der Waals surface area contributed by atoms with Crippen molar-refractivity contribution in [2.75, 3.05) is 7.11 Å². The van der Waals surface area contributed by atoms with Gasteiger partial charge in [0.15, 0.2) is 17.3 Å². The molecule has 0 radical (unpaired) electrons. The smallest absolute Gasteiger partial charge is 0.282 e. The molecule has 1 saturated carbocycles. The Bertz CT molecular complexity index is 840. The first-order valence-electron chi connectivity index (χ1n) is 8.02. The van der Waals surface area contributed by atoms with Crippen molar-refractivity contribution in [1.82, 2.24) is 19.9 Å². The zero-order chi connectivity index (χ0) is 16.6. The maximum absolute atomic E-state index is 6.40. The van der Waals surface area contributed by atoms with Gasteiger partial charge in [0.25, 0.3) is 5.89 Å². The average Bonchev–Trinajstić information content (AvgIpc) is 3.34. The highest BCUT2D eigenvalue weighted by molar-refractivity contribution is 5.85. The minimum absolute atomic E-state index is 0. The van der Waals surface area contributed by atoms with Gasteiger partial charge < -0.3 is 15.0 Å². The quantitative estimate of drug-likeness (QED) is 0.767. The monoisotopic (exact) mass is 361 g/mol. The Labute approximate surface area is 151 Å². The summed E-state index contributed by atoms with van der Waals surface area (Å²) in [5.74, 6) is 1.45. The van der Waals surface area contributed by atoms with Gasteiger partial charge >= 0.3 is 0 Å². The number of nitrogens with zero attached hydrogens (tertiary/aromatic N) is 4. The second-order valence-electron chi connectivity index (χ2n) is 6.11. The summed E-state index contributed by atoms with van der Waals surface area (Å²) in [5, 5.41) is 8.63. The highest BCUT2D eigenvalue weighted by Crippen LogP contribution is 2.36. The Morgan fingerprint density at radius 1 is 1.20 bits per heavy atom. The van der Waals surface area contributed by atoms with E-state index in [4.69, 9.17) is 15.0 Å². The Balaban J connectivity index is 0.00000182. The van der Waals surface area contributed by atoms with Gasteiger partial charge in [0.1, 0.15) is 0 Å². The molecule has 4 rings (SSSR count). The highest BCUT2D eigenvalue weighted by atomic mass is 35.5. The third-order valence-corrected chi connectivity index (χ3v) is 4.49. The largest absolute Gasteiger partial charge is 0.493 e. The molecule has 2 heterocycles. The fraction of sp³-hybridized carbons (Fsp3) is 0.353. The molecule has 3 aromatic rings. The molecule has 1 fully saturated rings. The molecular weight excluding hydrogens is 342 g/mol. The van der Waals surface area contributed by atoms with Crippen LogP contribution in [0.25, 0.3) is 17.3 Å². The zero-order valence-electron chi connectivity index (χ0n) is 13.9. The van der Waals surface area contributed by atoms with Gasteiger partial charge in [-0.1, -0.05) is 36.2 Å². The maximum atomic E-state index is 6.40. The van der Waals surface area contributed by atoms with Crippen molar-refractivity contribution in [2.24, 2.45) is 5.73 Å². The number of aromatic nitrogens is 4.